The number of pyridine rings is 1. The molecule has 2 fully saturated rings. The molecule has 210 valence electrons. The minimum atomic E-state index is -0.925. The van der Waals surface area contributed by atoms with Crippen LogP contribution in [0.4, 0.5) is 5.69 Å². The van der Waals surface area contributed by atoms with Gasteiger partial charge in [0.25, 0.3) is 0 Å². The lowest BCUT2D eigenvalue weighted by Gasteiger charge is -2.38. The van der Waals surface area contributed by atoms with E-state index in [9.17, 15) is 14.7 Å². The second-order valence-corrected chi connectivity index (χ2v) is 11.4. The van der Waals surface area contributed by atoms with Crippen LogP contribution in [0.15, 0.2) is 51.1 Å². The Kier molecular flexibility index (Phi) is 5.97. The van der Waals surface area contributed by atoms with Gasteiger partial charge in [0.2, 0.25) is 0 Å². The van der Waals surface area contributed by atoms with Crippen LogP contribution in [0.25, 0.3) is 5.69 Å². The molecule has 0 bridgehead atoms. The first-order valence-corrected chi connectivity index (χ1v) is 14.1. The van der Waals surface area contributed by atoms with Gasteiger partial charge in [-0.2, -0.15) is 0 Å². The Hall–Kier alpha value is -3.70. The highest BCUT2D eigenvalue weighted by atomic mass is 16.6. The molecule has 1 saturated heterocycles. The molecule has 0 unspecified atom stereocenters. The second kappa shape index (κ2) is 9.45. The van der Waals surface area contributed by atoms with E-state index in [-0.39, 0.29) is 18.1 Å². The predicted molar refractivity (Wildman–Crippen MR) is 148 cm³/mol. The van der Waals surface area contributed by atoms with Crippen molar-refractivity contribution in [2.75, 3.05) is 18.0 Å². The maximum absolute atomic E-state index is 13.6. The van der Waals surface area contributed by atoms with Crippen LogP contribution in [0.2, 0.25) is 0 Å². The topological polar surface area (TPSA) is 119 Å². The van der Waals surface area contributed by atoms with Crippen LogP contribution in [0.5, 0.6) is 0 Å². The number of anilines is 1. The monoisotopic (exact) mass is 546 g/mol. The van der Waals surface area contributed by atoms with Gasteiger partial charge >= 0.3 is 11.4 Å². The van der Waals surface area contributed by atoms with Crippen molar-refractivity contribution in [2.45, 2.75) is 77.0 Å². The zero-order chi connectivity index (χ0) is 27.7. The van der Waals surface area contributed by atoms with E-state index in [1.54, 1.807) is 24.3 Å². The van der Waals surface area contributed by atoms with Crippen LogP contribution < -0.4 is 16.3 Å². The molecule has 3 aromatic rings. The number of ether oxygens (including phenoxy) is 1. The SMILES string of the molecule is Cc1cc2c(nc1C)CCCN2C[C@@H](C)O/N=C1\[C@H]2CCn3c(=O)n(-c4ccccc4)c(=O)n3[C@H]2[C@H](O)[C@@H]2O[C@H]12. The quantitative estimate of drug-likeness (QED) is 0.382. The summed E-state index contributed by atoms with van der Waals surface area (Å²) < 4.78 is 9.85. The number of aliphatic hydroxyl groups is 1. The minimum Gasteiger partial charge on any atom is -0.391 e. The first kappa shape index (κ1) is 25.3. The van der Waals surface area contributed by atoms with Gasteiger partial charge in [0.1, 0.15) is 24.4 Å². The van der Waals surface area contributed by atoms with Crippen LogP contribution in [0.1, 0.15) is 42.8 Å². The number of aliphatic hydroxyl groups excluding tert-OH is 1. The van der Waals surface area contributed by atoms with Crippen molar-refractivity contribution in [3.05, 3.63) is 74.3 Å². The number of nitrogens with zero attached hydrogens (tertiary/aromatic N) is 6. The van der Waals surface area contributed by atoms with E-state index >= 15 is 0 Å². The summed E-state index contributed by atoms with van der Waals surface area (Å²) in [6.45, 7) is 8.07. The molecule has 1 saturated carbocycles. The maximum atomic E-state index is 13.6. The summed E-state index contributed by atoms with van der Waals surface area (Å²) in [5.74, 6) is -0.278. The molecular formula is C29H34N6O5. The van der Waals surface area contributed by atoms with E-state index in [1.807, 2.05) is 19.9 Å². The van der Waals surface area contributed by atoms with Gasteiger partial charge < -0.3 is 19.6 Å². The van der Waals surface area contributed by atoms with E-state index < -0.39 is 29.6 Å². The van der Waals surface area contributed by atoms with Crippen molar-refractivity contribution in [1.29, 1.82) is 0 Å². The predicted octanol–water partition coefficient (Wildman–Crippen LogP) is 1.73. The van der Waals surface area contributed by atoms with Gasteiger partial charge in [-0.1, -0.05) is 23.4 Å². The Balaban J connectivity index is 1.15. The number of hydrogen-bond acceptors (Lipinski definition) is 8. The summed E-state index contributed by atoms with van der Waals surface area (Å²) in [6.07, 6.45) is 0.636. The van der Waals surface area contributed by atoms with Gasteiger partial charge in [0.05, 0.1) is 35.4 Å². The van der Waals surface area contributed by atoms with Crippen molar-refractivity contribution in [3.8, 4) is 5.69 Å². The van der Waals surface area contributed by atoms with E-state index in [0.29, 0.717) is 30.9 Å². The highest BCUT2D eigenvalue weighted by Crippen LogP contribution is 2.46. The number of para-hydroxylation sites is 1. The average Bonchev–Trinajstić information content (AvgIpc) is 3.70. The fourth-order valence-electron chi connectivity index (χ4n) is 6.68. The number of aromatic nitrogens is 4. The van der Waals surface area contributed by atoms with Crippen LogP contribution >= 0.6 is 0 Å². The summed E-state index contributed by atoms with van der Waals surface area (Å²) in [6, 6.07) is 10.4. The number of aryl methyl sites for hydroxylation is 3. The average molecular weight is 547 g/mol. The van der Waals surface area contributed by atoms with Gasteiger partial charge in [0, 0.05) is 24.7 Å². The zero-order valence-electron chi connectivity index (χ0n) is 22.9. The Bertz CT molecular complexity index is 1610. The summed E-state index contributed by atoms with van der Waals surface area (Å²) in [5.41, 5.74) is 4.86. The van der Waals surface area contributed by atoms with Crippen molar-refractivity contribution in [2.24, 2.45) is 11.1 Å². The third-order valence-corrected chi connectivity index (χ3v) is 8.82. The Morgan fingerprint density at radius 3 is 2.77 bits per heavy atom. The number of hydrogen-bond donors (Lipinski definition) is 1. The van der Waals surface area contributed by atoms with Crippen molar-refractivity contribution < 1.29 is 14.7 Å². The maximum Gasteiger partial charge on any atom is 0.352 e. The molecule has 5 heterocycles. The number of benzene rings is 1. The lowest BCUT2D eigenvalue weighted by atomic mass is 9.78. The van der Waals surface area contributed by atoms with Gasteiger partial charge in [0.15, 0.2) is 0 Å². The number of fused-ring (bicyclic) bond motifs is 5. The minimum absolute atomic E-state index is 0.203. The van der Waals surface area contributed by atoms with E-state index in [4.69, 9.17) is 14.6 Å². The molecule has 6 atom stereocenters. The lowest BCUT2D eigenvalue weighted by Crippen LogP contribution is -2.53. The molecule has 0 amide bonds. The molecular weight excluding hydrogens is 512 g/mol. The fraction of sp³-hybridized carbons (Fsp3) is 0.517. The fourth-order valence-corrected chi connectivity index (χ4v) is 6.68. The smallest absolute Gasteiger partial charge is 0.352 e. The third-order valence-electron chi connectivity index (χ3n) is 8.82. The largest absolute Gasteiger partial charge is 0.391 e. The molecule has 11 nitrogen and oxygen atoms in total. The zero-order valence-corrected chi connectivity index (χ0v) is 22.9. The van der Waals surface area contributed by atoms with E-state index in [1.165, 1.54) is 19.5 Å². The standard InChI is InChI=1S/C29H34N6O5/c1-16-14-22-21(30-18(16)3)10-7-12-32(22)15-17(2)40-31-23-20-11-13-33-28(37)34(19-8-5-4-6-9-19)29(38)35(33)24(20)25(36)27-26(23)39-27/h4-6,8-9,14,17,20,24-27,36H,7,10-13,15H2,1-3H3/b31-23+/t17-,20-,24-,25+,26-,27+/m1/s1. The number of epoxide rings is 1. The van der Waals surface area contributed by atoms with Crippen molar-refractivity contribution in [1.82, 2.24) is 18.9 Å². The molecule has 11 heteroatoms. The molecule has 1 aromatic carbocycles. The Morgan fingerprint density at radius 1 is 1.18 bits per heavy atom. The number of oxime groups is 1. The van der Waals surface area contributed by atoms with Gasteiger partial charge in [-0.05, 0) is 63.8 Å². The molecule has 1 N–H and O–H groups in total. The van der Waals surface area contributed by atoms with Crippen LogP contribution in [-0.2, 0) is 22.5 Å². The number of rotatable bonds is 5. The van der Waals surface area contributed by atoms with Gasteiger partial charge in [-0.3, -0.25) is 4.98 Å². The lowest BCUT2D eigenvalue weighted by molar-refractivity contribution is 0.0300. The van der Waals surface area contributed by atoms with Gasteiger partial charge in [-0.15, -0.1) is 0 Å². The summed E-state index contributed by atoms with van der Waals surface area (Å²) >= 11 is 0. The van der Waals surface area contributed by atoms with Crippen LogP contribution in [-0.4, -0.2) is 67.2 Å². The first-order valence-electron chi connectivity index (χ1n) is 14.1. The molecule has 1 aliphatic carbocycles. The van der Waals surface area contributed by atoms with E-state index in [2.05, 4.69) is 23.0 Å². The first-order chi connectivity index (χ1) is 19.3. The molecule has 0 spiro atoms. The van der Waals surface area contributed by atoms with E-state index in [0.717, 1.165) is 36.5 Å². The normalized spacial score (nSPS) is 28.4. The molecule has 0 radical (unpaired) electrons. The molecule has 4 aliphatic rings. The highest BCUT2D eigenvalue weighted by Gasteiger charge is 2.61. The van der Waals surface area contributed by atoms with Gasteiger partial charge in [-0.25, -0.2) is 23.5 Å². The summed E-state index contributed by atoms with van der Waals surface area (Å²) in [7, 11) is 0. The molecule has 7 rings (SSSR count). The second-order valence-electron chi connectivity index (χ2n) is 11.4. The Morgan fingerprint density at radius 2 is 1.98 bits per heavy atom. The van der Waals surface area contributed by atoms with Crippen molar-refractivity contribution >= 4 is 11.4 Å². The third kappa shape index (κ3) is 3.94. The molecule has 2 aromatic heterocycles. The molecule has 40 heavy (non-hydrogen) atoms. The summed E-state index contributed by atoms with van der Waals surface area (Å²) in [4.78, 5) is 40.0. The highest BCUT2D eigenvalue weighted by molar-refractivity contribution is 5.94. The van der Waals surface area contributed by atoms with Crippen molar-refractivity contribution in [3.63, 3.8) is 0 Å². The summed E-state index contributed by atoms with van der Waals surface area (Å²) in [5, 5.41) is 15.8. The van der Waals surface area contributed by atoms with Crippen LogP contribution in [0, 0.1) is 19.8 Å². The van der Waals surface area contributed by atoms with Crippen LogP contribution in [0.3, 0.4) is 0 Å². The molecule has 3 aliphatic heterocycles. The Labute approximate surface area is 231 Å².